The van der Waals surface area contributed by atoms with Gasteiger partial charge in [-0.25, -0.2) is 13.6 Å². The van der Waals surface area contributed by atoms with E-state index in [9.17, 15) is 18.4 Å². The molecule has 1 aromatic rings. The number of carbonyl (C=O) groups is 2. The summed E-state index contributed by atoms with van der Waals surface area (Å²) in [5, 5.41) is 11.5. The number of benzene rings is 1. The zero-order chi connectivity index (χ0) is 14.7. The average molecular weight is 283 g/mol. The molecule has 1 fully saturated rings. The van der Waals surface area contributed by atoms with E-state index in [1.54, 1.807) is 0 Å². The Bertz CT molecular complexity index is 527. The monoisotopic (exact) mass is 283 g/mol. The Morgan fingerprint density at radius 3 is 2.40 bits per heavy atom. The van der Waals surface area contributed by atoms with E-state index in [0.717, 1.165) is 43.9 Å². The molecule has 0 aliphatic heterocycles. The lowest BCUT2D eigenvalue weighted by atomic mass is 10.0. The highest BCUT2D eigenvalue weighted by atomic mass is 19.2. The second kappa shape index (κ2) is 5.98. The fraction of sp³-hybridized carbons (Fsp3) is 0.429. The summed E-state index contributed by atoms with van der Waals surface area (Å²) in [5.41, 5.74) is 0.0164. The molecule has 2 N–H and O–H groups in total. The van der Waals surface area contributed by atoms with Gasteiger partial charge in [0, 0.05) is 5.92 Å². The van der Waals surface area contributed by atoms with E-state index in [0.29, 0.717) is 0 Å². The first kappa shape index (κ1) is 14.4. The molecular weight excluding hydrogens is 268 g/mol. The van der Waals surface area contributed by atoms with Crippen LogP contribution in [0.4, 0.5) is 8.78 Å². The number of hydrogen-bond donors (Lipinski definition) is 2. The zero-order valence-corrected chi connectivity index (χ0v) is 10.7. The Morgan fingerprint density at radius 1 is 1.20 bits per heavy atom. The van der Waals surface area contributed by atoms with Crippen molar-refractivity contribution in [1.82, 2.24) is 5.32 Å². The van der Waals surface area contributed by atoms with Crippen molar-refractivity contribution >= 4 is 11.9 Å². The minimum absolute atomic E-state index is 0.0164. The third kappa shape index (κ3) is 3.12. The third-order valence-corrected chi connectivity index (χ3v) is 3.54. The van der Waals surface area contributed by atoms with Crippen molar-refractivity contribution in [2.24, 2.45) is 5.92 Å². The van der Waals surface area contributed by atoms with Crippen LogP contribution < -0.4 is 5.32 Å². The van der Waals surface area contributed by atoms with Crippen molar-refractivity contribution in [2.75, 3.05) is 0 Å². The molecule has 108 valence electrons. The minimum Gasteiger partial charge on any atom is -0.479 e. The zero-order valence-electron chi connectivity index (χ0n) is 10.7. The van der Waals surface area contributed by atoms with Gasteiger partial charge >= 0.3 is 5.97 Å². The average Bonchev–Trinajstić information content (AvgIpc) is 2.93. The molecule has 20 heavy (non-hydrogen) atoms. The summed E-state index contributed by atoms with van der Waals surface area (Å²) in [4.78, 5) is 23.2. The van der Waals surface area contributed by atoms with Gasteiger partial charge in [-0.15, -0.1) is 0 Å². The second-order valence-corrected chi connectivity index (χ2v) is 4.93. The molecule has 0 unspecified atom stereocenters. The molecule has 0 saturated heterocycles. The molecule has 0 aromatic heterocycles. The molecule has 0 radical (unpaired) electrons. The lowest BCUT2D eigenvalue weighted by Crippen LogP contribution is -2.37. The molecule has 4 nitrogen and oxygen atoms in total. The quantitative estimate of drug-likeness (QED) is 0.891. The number of rotatable bonds is 4. The Morgan fingerprint density at radius 2 is 1.85 bits per heavy atom. The van der Waals surface area contributed by atoms with Crippen molar-refractivity contribution in [1.29, 1.82) is 0 Å². The highest BCUT2D eigenvalue weighted by Gasteiger charge is 2.28. The van der Waals surface area contributed by atoms with Gasteiger partial charge in [0.2, 0.25) is 5.91 Å². The van der Waals surface area contributed by atoms with Crippen LogP contribution in [0.1, 0.15) is 37.3 Å². The highest BCUT2D eigenvalue weighted by molar-refractivity contribution is 5.86. The van der Waals surface area contributed by atoms with Gasteiger partial charge in [0.15, 0.2) is 17.7 Å². The maximum Gasteiger partial charge on any atom is 0.330 e. The Labute approximate surface area is 114 Å². The minimum atomic E-state index is -1.36. The van der Waals surface area contributed by atoms with Crippen molar-refractivity contribution in [3.63, 3.8) is 0 Å². The fourth-order valence-electron chi connectivity index (χ4n) is 2.43. The number of nitrogens with one attached hydrogen (secondary N) is 1. The smallest absolute Gasteiger partial charge is 0.330 e. The molecule has 1 amide bonds. The molecule has 0 spiro atoms. The van der Waals surface area contributed by atoms with Gasteiger partial charge in [0.1, 0.15) is 0 Å². The summed E-state index contributed by atoms with van der Waals surface area (Å²) in [6, 6.07) is 1.44. The maximum atomic E-state index is 13.2. The van der Waals surface area contributed by atoms with E-state index in [4.69, 9.17) is 5.11 Å². The van der Waals surface area contributed by atoms with Crippen LogP contribution in [0.5, 0.6) is 0 Å². The van der Waals surface area contributed by atoms with E-state index in [1.807, 2.05) is 0 Å². The van der Waals surface area contributed by atoms with Gasteiger partial charge in [-0.05, 0) is 30.5 Å². The Balaban J connectivity index is 2.16. The predicted molar refractivity (Wildman–Crippen MR) is 66.8 cm³/mol. The molecule has 2 rings (SSSR count). The van der Waals surface area contributed by atoms with Gasteiger partial charge in [0.25, 0.3) is 0 Å². The molecule has 1 atom stereocenters. The highest BCUT2D eigenvalue weighted by Crippen LogP contribution is 2.26. The maximum absolute atomic E-state index is 13.2. The first-order valence-corrected chi connectivity index (χ1v) is 6.47. The summed E-state index contributed by atoms with van der Waals surface area (Å²) in [6.07, 6.45) is 3.36. The number of amides is 1. The Kier molecular flexibility index (Phi) is 4.32. The van der Waals surface area contributed by atoms with Crippen LogP contribution in [0.25, 0.3) is 0 Å². The van der Waals surface area contributed by atoms with Crippen LogP contribution in [0, 0.1) is 17.6 Å². The third-order valence-electron chi connectivity index (χ3n) is 3.54. The SMILES string of the molecule is O=C(N[C@@H](C(=O)O)c1ccc(F)c(F)c1)C1CCCC1. The van der Waals surface area contributed by atoms with Gasteiger partial charge in [-0.3, -0.25) is 4.79 Å². The van der Waals surface area contributed by atoms with E-state index < -0.39 is 23.6 Å². The van der Waals surface area contributed by atoms with E-state index in [1.165, 1.54) is 0 Å². The van der Waals surface area contributed by atoms with E-state index in [-0.39, 0.29) is 17.4 Å². The van der Waals surface area contributed by atoms with E-state index >= 15 is 0 Å². The van der Waals surface area contributed by atoms with Crippen molar-refractivity contribution < 1.29 is 23.5 Å². The Hall–Kier alpha value is -1.98. The first-order chi connectivity index (χ1) is 9.49. The lowest BCUT2D eigenvalue weighted by Gasteiger charge is -2.17. The molecule has 1 aliphatic rings. The molecule has 1 aromatic carbocycles. The fourth-order valence-corrected chi connectivity index (χ4v) is 2.43. The standard InChI is InChI=1S/C14H15F2NO3/c15-10-6-5-9(7-11(10)16)12(14(19)20)17-13(18)8-3-1-2-4-8/h5-8,12H,1-4H2,(H,17,18)(H,19,20)/t12-/m1/s1. The van der Waals surface area contributed by atoms with Crippen LogP contribution in [0.3, 0.4) is 0 Å². The number of carbonyl (C=O) groups excluding carboxylic acids is 1. The lowest BCUT2D eigenvalue weighted by molar-refractivity contribution is -0.142. The van der Waals surface area contributed by atoms with Gasteiger partial charge in [-0.1, -0.05) is 18.9 Å². The predicted octanol–water partition coefficient (Wildman–Crippen LogP) is 2.40. The number of carboxylic acid groups (broad SMARTS) is 1. The van der Waals surface area contributed by atoms with Crippen molar-refractivity contribution in [3.8, 4) is 0 Å². The molecule has 0 bridgehead atoms. The second-order valence-electron chi connectivity index (χ2n) is 4.93. The summed E-state index contributed by atoms with van der Waals surface area (Å²) < 4.78 is 26.0. The summed E-state index contributed by atoms with van der Waals surface area (Å²) in [7, 11) is 0. The topological polar surface area (TPSA) is 66.4 Å². The van der Waals surface area contributed by atoms with Gasteiger partial charge < -0.3 is 10.4 Å². The first-order valence-electron chi connectivity index (χ1n) is 6.47. The van der Waals surface area contributed by atoms with Crippen LogP contribution in [-0.2, 0) is 9.59 Å². The van der Waals surface area contributed by atoms with E-state index in [2.05, 4.69) is 5.32 Å². The van der Waals surface area contributed by atoms with Gasteiger partial charge in [0.05, 0.1) is 0 Å². The van der Waals surface area contributed by atoms with Gasteiger partial charge in [-0.2, -0.15) is 0 Å². The largest absolute Gasteiger partial charge is 0.479 e. The van der Waals surface area contributed by atoms with Crippen molar-refractivity contribution in [2.45, 2.75) is 31.7 Å². The molecule has 0 heterocycles. The van der Waals surface area contributed by atoms with Crippen LogP contribution in [-0.4, -0.2) is 17.0 Å². The number of halogens is 2. The molecule has 1 aliphatic carbocycles. The van der Waals surface area contributed by atoms with Crippen LogP contribution in [0.2, 0.25) is 0 Å². The number of carboxylic acids is 1. The summed E-state index contributed by atoms with van der Waals surface area (Å²) in [6.45, 7) is 0. The number of aliphatic carboxylic acids is 1. The number of hydrogen-bond acceptors (Lipinski definition) is 2. The summed E-state index contributed by atoms with van der Waals surface area (Å²) in [5.74, 6) is -4.03. The molecular formula is C14H15F2NO3. The van der Waals surface area contributed by atoms with Crippen LogP contribution >= 0.6 is 0 Å². The van der Waals surface area contributed by atoms with Crippen molar-refractivity contribution in [3.05, 3.63) is 35.4 Å². The molecule has 6 heteroatoms. The molecule has 1 saturated carbocycles. The summed E-state index contributed by atoms with van der Waals surface area (Å²) >= 11 is 0. The van der Waals surface area contributed by atoms with Crippen LogP contribution in [0.15, 0.2) is 18.2 Å². The normalized spacial score (nSPS) is 16.9.